The van der Waals surface area contributed by atoms with Gasteiger partial charge in [-0.05, 0) is 12.1 Å². The molecule has 5 nitrogen and oxygen atoms in total. The van der Waals surface area contributed by atoms with E-state index in [2.05, 4.69) is 7.05 Å². The Kier molecular flexibility index (Phi) is 4.73. The summed E-state index contributed by atoms with van der Waals surface area (Å²) in [5.41, 5.74) is 1.10. The molecule has 1 heterocycles. The summed E-state index contributed by atoms with van der Waals surface area (Å²) in [5, 5.41) is 9.11. The van der Waals surface area contributed by atoms with E-state index >= 15 is 0 Å². The quantitative estimate of drug-likeness (QED) is 0.845. The molecule has 1 aliphatic heterocycles. The van der Waals surface area contributed by atoms with Crippen LogP contribution < -0.4 is 9.47 Å². The van der Waals surface area contributed by atoms with Crippen molar-refractivity contribution in [2.45, 2.75) is 19.4 Å². The summed E-state index contributed by atoms with van der Waals surface area (Å²) in [5.74, 6) is 0.658. The Hall–Kier alpha value is -1.75. The zero-order chi connectivity index (χ0) is 15.5. The molecule has 1 N–H and O–H groups in total. The number of carbonyl (C=O) groups is 1. The van der Waals surface area contributed by atoms with Gasteiger partial charge in [0.1, 0.15) is 6.54 Å². The van der Waals surface area contributed by atoms with Crippen LogP contribution in [-0.4, -0.2) is 49.9 Å². The number of methoxy groups -OCH3 is 2. The maximum absolute atomic E-state index is 11.1. The monoisotopic (exact) mass is 294 g/mol. The summed E-state index contributed by atoms with van der Waals surface area (Å²) in [7, 11) is 5.46. The van der Waals surface area contributed by atoms with E-state index in [1.807, 2.05) is 18.2 Å². The summed E-state index contributed by atoms with van der Waals surface area (Å²) < 4.78 is 11.7. The van der Waals surface area contributed by atoms with E-state index in [0.717, 1.165) is 54.0 Å². The molecule has 0 amide bonds. The van der Waals surface area contributed by atoms with Gasteiger partial charge in [0.2, 0.25) is 0 Å². The van der Waals surface area contributed by atoms with Gasteiger partial charge in [0.15, 0.2) is 11.5 Å². The van der Waals surface area contributed by atoms with Crippen LogP contribution in [0.1, 0.15) is 18.4 Å². The molecule has 1 saturated heterocycles. The van der Waals surface area contributed by atoms with Crippen LogP contribution in [-0.2, 0) is 11.3 Å². The third-order valence-electron chi connectivity index (χ3n) is 4.42. The molecular formula is C16H24NO4+. The second kappa shape index (κ2) is 6.35. The van der Waals surface area contributed by atoms with Gasteiger partial charge < -0.3 is 19.1 Å². The highest BCUT2D eigenvalue weighted by atomic mass is 16.5. The standard InChI is InChI=1S/C16H23NO4/c1-17(9-7-12(8-10-17)16(18)19)11-13-5-4-6-14(20-2)15(13)21-3/h4-6,12H,7-11H2,1-3H3/p+1. The lowest BCUT2D eigenvalue weighted by atomic mass is 9.95. The Bertz CT molecular complexity index is 507. The molecule has 1 aromatic rings. The molecule has 21 heavy (non-hydrogen) atoms. The van der Waals surface area contributed by atoms with E-state index in [-0.39, 0.29) is 5.92 Å². The van der Waals surface area contributed by atoms with Crippen molar-refractivity contribution in [3.05, 3.63) is 23.8 Å². The molecular weight excluding hydrogens is 270 g/mol. The average molecular weight is 294 g/mol. The van der Waals surface area contributed by atoms with Gasteiger partial charge in [0, 0.05) is 12.8 Å². The van der Waals surface area contributed by atoms with Crippen LogP contribution in [0.2, 0.25) is 0 Å². The van der Waals surface area contributed by atoms with Gasteiger partial charge in [-0.15, -0.1) is 0 Å². The van der Waals surface area contributed by atoms with Crippen molar-refractivity contribution >= 4 is 5.97 Å². The number of hydrogen-bond donors (Lipinski definition) is 1. The zero-order valence-corrected chi connectivity index (χ0v) is 13.0. The summed E-state index contributed by atoms with van der Waals surface area (Å²) in [6, 6.07) is 5.90. The molecule has 0 aliphatic carbocycles. The summed E-state index contributed by atoms with van der Waals surface area (Å²) in [4.78, 5) is 11.1. The molecule has 0 bridgehead atoms. The minimum Gasteiger partial charge on any atom is -0.493 e. The predicted molar refractivity (Wildman–Crippen MR) is 79.5 cm³/mol. The highest BCUT2D eigenvalue weighted by Gasteiger charge is 2.34. The maximum Gasteiger partial charge on any atom is 0.306 e. The molecule has 2 rings (SSSR count). The van der Waals surface area contributed by atoms with Crippen molar-refractivity contribution in [2.75, 3.05) is 34.4 Å². The molecule has 0 atom stereocenters. The molecule has 1 aromatic carbocycles. The predicted octanol–water partition coefficient (Wildman–Crippen LogP) is 2.14. The smallest absolute Gasteiger partial charge is 0.306 e. The fourth-order valence-electron chi connectivity index (χ4n) is 3.09. The zero-order valence-electron chi connectivity index (χ0n) is 13.0. The van der Waals surface area contributed by atoms with Gasteiger partial charge in [0.05, 0.1) is 45.8 Å². The Balaban J connectivity index is 2.13. The van der Waals surface area contributed by atoms with E-state index in [0.29, 0.717) is 0 Å². The van der Waals surface area contributed by atoms with Crippen LogP contribution in [0.3, 0.4) is 0 Å². The van der Waals surface area contributed by atoms with Crippen LogP contribution in [0.25, 0.3) is 0 Å². The second-order valence-electron chi connectivity index (χ2n) is 5.99. The lowest BCUT2D eigenvalue weighted by molar-refractivity contribution is -0.927. The van der Waals surface area contributed by atoms with Crippen LogP contribution in [0.5, 0.6) is 11.5 Å². The molecule has 1 aliphatic rings. The Labute approximate surface area is 125 Å². The van der Waals surface area contributed by atoms with Crippen molar-refractivity contribution in [1.29, 1.82) is 0 Å². The minimum atomic E-state index is -0.666. The number of carboxylic acid groups (broad SMARTS) is 1. The second-order valence-corrected chi connectivity index (χ2v) is 5.99. The Morgan fingerprint density at radius 1 is 1.29 bits per heavy atom. The van der Waals surface area contributed by atoms with Crippen LogP contribution in [0.4, 0.5) is 0 Å². The first kappa shape index (κ1) is 15.6. The largest absolute Gasteiger partial charge is 0.493 e. The van der Waals surface area contributed by atoms with Gasteiger partial charge in [-0.3, -0.25) is 4.79 Å². The third-order valence-corrected chi connectivity index (χ3v) is 4.42. The number of rotatable bonds is 5. The van der Waals surface area contributed by atoms with E-state index in [1.54, 1.807) is 14.2 Å². The van der Waals surface area contributed by atoms with Gasteiger partial charge in [0.25, 0.3) is 0 Å². The number of hydrogen-bond acceptors (Lipinski definition) is 3. The SMILES string of the molecule is COc1cccc(C[N+]2(C)CCC(C(=O)O)CC2)c1OC. The van der Waals surface area contributed by atoms with Gasteiger partial charge in [-0.25, -0.2) is 0 Å². The van der Waals surface area contributed by atoms with Crippen molar-refractivity contribution in [1.82, 2.24) is 0 Å². The molecule has 0 radical (unpaired) electrons. The molecule has 0 saturated carbocycles. The molecule has 1 fully saturated rings. The van der Waals surface area contributed by atoms with Crippen molar-refractivity contribution in [3.8, 4) is 11.5 Å². The first-order valence-corrected chi connectivity index (χ1v) is 7.25. The Morgan fingerprint density at radius 2 is 1.95 bits per heavy atom. The highest BCUT2D eigenvalue weighted by molar-refractivity contribution is 5.69. The normalized spacial score (nSPS) is 25.4. The number of quaternary nitrogens is 1. The lowest BCUT2D eigenvalue weighted by Crippen LogP contribution is -2.50. The van der Waals surface area contributed by atoms with Gasteiger partial charge in [-0.1, -0.05) is 6.07 Å². The number of piperidine rings is 1. The van der Waals surface area contributed by atoms with Crippen molar-refractivity contribution in [2.24, 2.45) is 5.92 Å². The number of benzene rings is 1. The third kappa shape index (κ3) is 3.47. The topological polar surface area (TPSA) is 55.8 Å². The van der Waals surface area contributed by atoms with E-state index in [1.165, 1.54) is 0 Å². The number of para-hydroxylation sites is 1. The van der Waals surface area contributed by atoms with E-state index in [9.17, 15) is 4.79 Å². The van der Waals surface area contributed by atoms with Crippen LogP contribution >= 0.6 is 0 Å². The fourth-order valence-corrected chi connectivity index (χ4v) is 3.09. The van der Waals surface area contributed by atoms with Crippen molar-refractivity contribution < 1.29 is 23.9 Å². The summed E-state index contributed by atoms with van der Waals surface area (Å²) >= 11 is 0. The van der Waals surface area contributed by atoms with E-state index < -0.39 is 5.97 Å². The number of aliphatic carboxylic acids is 1. The van der Waals surface area contributed by atoms with Crippen LogP contribution in [0, 0.1) is 5.92 Å². The molecule has 0 aromatic heterocycles. The number of likely N-dealkylation sites (tertiary alicyclic amines) is 1. The fraction of sp³-hybridized carbons (Fsp3) is 0.562. The summed E-state index contributed by atoms with van der Waals surface area (Å²) in [6.45, 7) is 2.57. The molecule has 0 spiro atoms. The maximum atomic E-state index is 11.1. The Morgan fingerprint density at radius 3 is 2.48 bits per heavy atom. The number of carboxylic acids is 1. The first-order valence-electron chi connectivity index (χ1n) is 7.25. The van der Waals surface area contributed by atoms with E-state index in [4.69, 9.17) is 14.6 Å². The first-order chi connectivity index (χ1) is 9.99. The molecule has 5 heteroatoms. The molecule has 116 valence electrons. The average Bonchev–Trinajstić information content (AvgIpc) is 2.47. The van der Waals surface area contributed by atoms with Crippen molar-refractivity contribution in [3.63, 3.8) is 0 Å². The van der Waals surface area contributed by atoms with Gasteiger partial charge in [-0.2, -0.15) is 0 Å². The van der Waals surface area contributed by atoms with Gasteiger partial charge >= 0.3 is 5.97 Å². The molecule has 0 unspecified atom stereocenters. The van der Waals surface area contributed by atoms with Crippen LogP contribution in [0.15, 0.2) is 18.2 Å². The number of nitrogens with zero attached hydrogens (tertiary/aromatic N) is 1. The summed E-state index contributed by atoms with van der Waals surface area (Å²) in [6.07, 6.45) is 1.47. The lowest BCUT2D eigenvalue weighted by Gasteiger charge is -2.40. The minimum absolute atomic E-state index is 0.191. The highest BCUT2D eigenvalue weighted by Crippen LogP contribution is 2.34. The number of ether oxygens (including phenoxy) is 2.